The van der Waals surface area contributed by atoms with Crippen LogP contribution in [-0.2, 0) is 4.79 Å². The number of benzene rings is 1. The molecule has 0 radical (unpaired) electrons. The number of rotatable bonds is 2. The van der Waals surface area contributed by atoms with Gasteiger partial charge in [0.15, 0.2) is 0 Å². The molecule has 1 fully saturated rings. The Kier molecular flexibility index (Phi) is 3.75. The molecule has 1 N–H and O–H groups in total. The van der Waals surface area contributed by atoms with Crippen LogP contribution < -0.4 is 4.90 Å². The lowest BCUT2D eigenvalue weighted by Crippen LogP contribution is -2.48. The maximum atomic E-state index is 13.6. The van der Waals surface area contributed by atoms with E-state index in [2.05, 4.69) is 0 Å². The van der Waals surface area contributed by atoms with Crippen LogP contribution in [0, 0.1) is 12.7 Å². The van der Waals surface area contributed by atoms with Gasteiger partial charge in [-0.2, -0.15) is 0 Å². The van der Waals surface area contributed by atoms with Crippen LogP contribution in [0.1, 0.15) is 24.2 Å². The third-order valence-electron chi connectivity index (χ3n) is 3.56. The highest BCUT2D eigenvalue weighted by Crippen LogP contribution is 2.30. The normalized spacial score (nSPS) is 17.8. The molecule has 1 atom stereocenters. The van der Waals surface area contributed by atoms with E-state index >= 15 is 0 Å². The summed E-state index contributed by atoms with van der Waals surface area (Å²) in [5, 5.41) is 9.78. The van der Waals surface area contributed by atoms with Crippen LogP contribution in [0.25, 0.3) is 0 Å². The molecular formula is C14H19FN2O2. The molecule has 1 unspecified atom stereocenters. The van der Waals surface area contributed by atoms with Crippen molar-refractivity contribution in [1.29, 1.82) is 0 Å². The molecule has 0 aromatic heterocycles. The van der Waals surface area contributed by atoms with E-state index in [4.69, 9.17) is 0 Å². The van der Waals surface area contributed by atoms with Crippen molar-refractivity contribution < 1.29 is 14.3 Å². The Bertz CT molecular complexity index is 502. The molecular weight excluding hydrogens is 247 g/mol. The number of piperazine rings is 1. The number of carbonyl (C=O) groups excluding carboxylic acids is 1. The summed E-state index contributed by atoms with van der Waals surface area (Å²) < 4.78 is 13.6. The predicted octanol–water partition coefficient (Wildman–Crippen LogP) is 1.47. The van der Waals surface area contributed by atoms with E-state index in [9.17, 15) is 14.3 Å². The molecule has 0 bridgehead atoms. The average Bonchev–Trinajstić information content (AvgIpc) is 2.35. The number of amides is 1. The van der Waals surface area contributed by atoms with Gasteiger partial charge in [0, 0.05) is 31.4 Å². The Morgan fingerprint density at radius 2 is 2.05 bits per heavy atom. The zero-order valence-electron chi connectivity index (χ0n) is 11.5. The molecule has 1 aliphatic rings. The fourth-order valence-corrected chi connectivity index (χ4v) is 2.25. The van der Waals surface area contributed by atoms with Gasteiger partial charge in [-0.25, -0.2) is 4.39 Å². The molecule has 0 spiro atoms. The SMILES string of the molecule is Cc1cc(N2CCN(C)C(=O)C2)c(C(C)O)cc1F. The van der Waals surface area contributed by atoms with Crippen LogP contribution in [0.15, 0.2) is 12.1 Å². The summed E-state index contributed by atoms with van der Waals surface area (Å²) >= 11 is 0. The van der Waals surface area contributed by atoms with Gasteiger partial charge in [0.05, 0.1) is 12.6 Å². The number of anilines is 1. The van der Waals surface area contributed by atoms with E-state index in [0.29, 0.717) is 24.2 Å². The second-order valence-corrected chi connectivity index (χ2v) is 5.07. The van der Waals surface area contributed by atoms with Crippen molar-refractivity contribution in [3.05, 3.63) is 29.1 Å². The number of likely N-dealkylation sites (N-methyl/N-ethyl adjacent to an activating group) is 1. The second-order valence-electron chi connectivity index (χ2n) is 5.07. The van der Waals surface area contributed by atoms with Gasteiger partial charge >= 0.3 is 0 Å². The third-order valence-corrected chi connectivity index (χ3v) is 3.56. The molecule has 1 aromatic carbocycles. The highest BCUT2D eigenvalue weighted by molar-refractivity contribution is 5.83. The smallest absolute Gasteiger partial charge is 0.241 e. The first-order valence-corrected chi connectivity index (χ1v) is 6.37. The van der Waals surface area contributed by atoms with E-state index in [1.165, 1.54) is 6.07 Å². The number of aliphatic hydroxyl groups excluding tert-OH is 1. The first-order valence-electron chi connectivity index (χ1n) is 6.37. The van der Waals surface area contributed by atoms with Crippen LogP contribution >= 0.6 is 0 Å². The summed E-state index contributed by atoms with van der Waals surface area (Å²) in [7, 11) is 1.77. The van der Waals surface area contributed by atoms with Gasteiger partial charge in [-0.3, -0.25) is 4.79 Å². The van der Waals surface area contributed by atoms with E-state index in [-0.39, 0.29) is 18.3 Å². The maximum Gasteiger partial charge on any atom is 0.241 e. The minimum absolute atomic E-state index is 0.0322. The van der Waals surface area contributed by atoms with Crippen LogP contribution in [-0.4, -0.2) is 42.6 Å². The monoisotopic (exact) mass is 266 g/mol. The fourth-order valence-electron chi connectivity index (χ4n) is 2.25. The van der Waals surface area contributed by atoms with Crippen LogP contribution in [0.5, 0.6) is 0 Å². The Balaban J connectivity index is 2.38. The van der Waals surface area contributed by atoms with E-state index in [0.717, 1.165) is 5.69 Å². The van der Waals surface area contributed by atoms with Crippen molar-refractivity contribution in [1.82, 2.24) is 4.90 Å². The quantitative estimate of drug-likeness (QED) is 0.881. The summed E-state index contributed by atoms with van der Waals surface area (Å²) in [6.45, 7) is 4.87. The number of carbonyl (C=O) groups is 1. The molecule has 2 rings (SSSR count). The largest absolute Gasteiger partial charge is 0.389 e. The molecule has 5 heteroatoms. The van der Waals surface area contributed by atoms with Crippen LogP contribution in [0.4, 0.5) is 10.1 Å². The lowest BCUT2D eigenvalue weighted by molar-refractivity contribution is -0.129. The van der Waals surface area contributed by atoms with E-state index in [1.54, 1.807) is 31.9 Å². The summed E-state index contributed by atoms with van der Waals surface area (Å²) in [5.74, 6) is -0.301. The molecule has 0 aliphatic carbocycles. The number of nitrogens with zero attached hydrogens (tertiary/aromatic N) is 2. The minimum Gasteiger partial charge on any atom is -0.389 e. The zero-order valence-corrected chi connectivity index (χ0v) is 11.5. The van der Waals surface area contributed by atoms with Gasteiger partial charge in [0.2, 0.25) is 5.91 Å². The summed E-state index contributed by atoms with van der Waals surface area (Å²) in [5.41, 5.74) is 1.79. The van der Waals surface area contributed by atoms with Gasteiger partial charge in [0.25, 0.3) is 0 Å². The molecule has 19 heavy (non-hydrogen) atoms. The third kappa shape index (κ3) is 2.71. The molecule has 1 saturated heterocycles. The van der Waals surface area contributed by atoms with E-state index < -0.39 is 6.10 Å². The van der Waals surface area contributed by atoms with Crippen LogP contribution in [0.2, 0.25) is 0 Å². The Morgan fingerprint density at radius 3 is 2.63 bits per heavy atom. The lowest BCUT2D eigenvalue weighted by atomic mass is 10.0. The van der Waals surface area contributed by atoms with Gasteiger partial charge in [-0.05, 0) is 31.5 Å². The average molecular weight is 266 g/mol. The van der Waals surface area contributed by atoms with Crippen molar-refractivity contribution in [2.45, 2.75) is 20.0 Å². The summed E-state index contributed by atoms with van der Waals surface area (Å²) in [6, 6.07) is 3.06. The first kappa shape index (κ1) is 13.8. The predicted molar refractivity (Wildman–Crippen MR) is 71.6 cm³/mol. The number of aryl methyl sites for hydroxylation is 1. The number of hydrogen-bond acceptors (Lipinski definition) is 3. The number of aliphatic hydroxyl groups is 1. The van der Waals surface area contributed by atoms with Crippen LogP contribution in [0.3, 0.4) is 0 Å². The summed E-state index contributed by atoms with van der Waals surface area (Å²) in [6.07, 6.45) is -0.764. The lowest BCUT2D eigenvalue weighted by Gasteiger charge is -2.35. The first-order chi connectivity index (χ1) is 8.90. The second kappa shape index (κ2) is 5.17. The van der Waals surface area contributed by atoms with Crippen molar-refractivity contribution in [3.63, 3.8) is 0 Å². The Morgan fingerprint density at radius 1 is 1.37 bits per heavy atom. The van der Waals surface area contributed by atoms with Crippen molar-refractivity contribution in [3.8, 4) is 0 Å². The minimum atomic E-state index is -0.764. The van der Waals surface area contributed by atoms with Gasteiger partial charge < -0.3 is 14.9 Å². The Hall–Kier alpha value is -1.62. The number of halogens is 1. The van der Waals surface area contributed by atoms with Gasteiger partial charge in [-0.1, -0.05) is 0 Å². The maximum absolute atomic E-state index is 13.6. The molecule has 1 aromatic rings. The zero-order chi connectivity index (χ0) is 14.2. The van der Waals surface area contributed by atoms with Crippen molar-refractivity contribution in [2.75, 3.05) is 31.6 Å². The number of hydrogen-bond donors (Lipinski definition) is 1. The fraction of sp³-hybridized carbons (Fsp3) is 0.500. The standard InChI is InChI=1S/C14H19FN2O2/c1-9-6-13(11(10(2)18)7-12(9)15)17-5-4-16(3)14(19)8-17/h6-7,10,18H,4-5,8H2,1-3H3. The molecule has 4 nitrogen and oxygen atoms in total. The van der Waals surface area contributed by atoms with Crippen molar-refractivity contribution >= 4 is 11.6 Å². The highest BCUT2D eigenvalue weighted by Gasteiger charge is 2.24. The molecule has 0 saturated carbocycles. The topological polar surface area (TPSA) is 43.8 Å². The molecule has 1 heterocycles. The molecule has 104 valence electrons. The van der Waals surface area contributed by atoms with Crippen molar-refractivity contribution in [2.24, 2.45) is 0 Å². The Labute approximate surface area is 112 Å². The van der Waals surface area contributed by atoms with E-state index in [1.807, 2.05) is 4.90 Å². The van der Waals surface area contributed by atoms with Gasteiger partial charge in [-0.15, -0.1) is 0 Å². The van der Waals surface area contributed by atoms with Gasteiger partial charge in [0.1, 0.15) is 5.82 Å². The highest BCUT2D eigenvalue weighted by atomic mass is 19.1. The molecule has 1 aliphatic heterocycles. The summed E-state index contributed by atoms with van der Waals surface area (Å²) in [4.78, 5) is 15.3. The molecule has 1 amide bonds.